The molecular weight excluding hydrogens is 198 g/mol. The number of rotatable bonds is 7. The molecule has 3 heteroatoms. The lowest BCUT2D eigenvalue weighted by Gasteiger charge is -2.25. The SMILES string of the molecule is CCCCCC(C)(C)CNc1cccnn1. The van der Waals surface area contributed by atoms with E-state index < -0.39 is 0 Å². The van der Waals surface area contributed by atoms with Gasteiger partial charge in [-0.1, -0.05) is 40.0 Å². The Morgan fingerprint density at radius 1 is 1.31 bits per heavy atom. The number of nitrogens with one attached hydrogen (secondary N) is 1. The molecule has 0 aromatic carbocycles. The third-order valence-electron chi connectivity index (χ3n) is 2.78. The Morgan fingerprint density at radius 2 is 2.12 bits per heavy atom. The molecule has 0 radical (unpaired) electrons. The Kier molecular flexibility index (Phi) is 5.23. The molecule has 0 aliphatic heterocycles. The fourth-order valence-corrected chi connectivity index (χ4v) is 1.67. The number of aromatic nitrogens is 2. The standard InChI is InChI=1S/C13H23N3/c1-4-5-6-9-13(2,3)11-14-12-8-7-10-15-16-12/h7-8,10H,4-6,9,11H2,1-3H3,(H,14,16). The highest BCUT2D eigenvalue weighted by Crippen LogP contribution is 2.23. The molecule has 0 amide bonds. The van der Waals surface area contributed by atoms with E-state index in [1.54, 1.807) is 6.20 Å². The van der Waals surface area contributed by atoms with Crippen molar-refractivity contribution in [1.29, 1.82) is 0 Å². The zero-order chi connectivity index (χ0) is 11.9. The van der Waals surface area contributed by atoms with Crippen LogP contribution in [0.4, 0.5) is 5.82 Å². The molecule has 1 rings (SSSR count). The molecule has 0 aliphatic carbocycles. The second-order valence-corrected chi connectivity index (χ2v) is 5.08. The first-order chi connectivity index (χ1) is 7.64. The van der Waals surface area contributed by atoms with Crippen LogP contribution in [-0.4, -0.2) is 16.7 Å². The molecule has 1 heterocycles. The van der Waals surface area contributed by atoms with Crippen LogP contribution in [-0.2, 0) is 0 Å². The maximum Gasteiger partial charge on any atom is 0.148 e. The molecule has 1 aromatic heterocycles. The summed E-state index contributed by atoms with van der Waals surface area (Å²) in [6.45, 7) is 7.79. The molecule has 0 fully saturated rings. The molecule has 1 N–H and O–H groups in total. The first kappa shape index (κ1) is 12.9. The van der Waals surface area contributed by atoms with Gasteiger partial charge in [0.15, 0.2) is 0 Å². The zero-order valence-corrected chi connectivity index (χ0v) is 10.7. The maximum atomic E-state index is 4.02. The van der Waals surface area contributed by atoms with Gasteiger partial charge in [-0.2, -0.15) is 5.10 Å². The molecule has 0 unspecified atom stereocenters. The summed E-state index contributed by atoms with van der Waals surface area (Å²) in [6, 6.07) is 3.86. The molecule has 90 valence electrons. The van der Waals surface area contributed by atoms with Gasteiger partial charge in [-0.3, -0.25) is 0 Å². The minimum atomic E-state index is 0.326. The Balaban J connectivity index is 2.30. The minimum absolute atomic E-state index is 0.326. The van der Waals surface area contributed by atoms with Gasteiger partial charge >= 0.3 is 0 Å². The largest absolute Gasteiger partial charge is 0.368 e. The number of anilines is 1. The van der Waals surface area contributed by atoms with E-state index in [0.29, 0.717) is 5.41 Å². The Labute approximate surface area is 98.7 Å². The van der Waals surface area contributed by atoms with E-state index in [9.17, 15) is 0 Å². The lowest BCUT2D eigenvalue weighted by molar-refractivity contribution is 0.342. The van der Waals surface area contributed by atoms with Crippen LogP contribution in [0.25, 0.3) is 0 Å². The molecule has 0 atom stereocenters. The summed E-state index contributed by atoms with van der Waals surface area (Å²) >= 11 is 0. The Hall–Kier alpha value is -1.12. The van der Waals surface area contributed by atoms with Gasteiger partial charge in [-0.15, -0.1) is 5.10 Å². The summed E-state index contributed by atoms with van der Waals surface area (Å²) in [5, 5.41) is 11.2. The highest BCUT2D eigenvalue weighted by molar-refractivity contribution is 5.31. The number of hydrogen-bond acceptors (Lipinski definition) is 3. The Morgan fingerprint density at radius 3 is 2.75 bits per heavy atom. The summed E-state index contributed by atoms with van der Waals surface area (Å²) < 4.78 is 0. The number of nitrogens with zero attached hydrogens (tertiary/aromatic N) is 2. The third kappa shape index (κ3) is 5.10. The van der Waals surface area contributed by atoms with Crippen LogP contribution >= 0.6 is 0 Å². The predicted molar refractivity (Wildman–Crippen MR) is 68.4 cm³/mol. The lowest BCUT2D eigenvalue weighted by Crippen LogP contribution is -2.23. The van der Waals surface area contributed by atoms with Crippen LogP contribution in [0, 0.1) is 5.41 Å². The summed E-state index contributed by atoms with van der Waals surface area (Å²) in [7, 11) is 0. The second kappa shape index (κ2) is 6.46. The van der Waals surface area contributed by atoms with Gasteiger partial charge in [0.05, 0.1) is 0 Å². The van der Waals surface area contributed by atoms with E-state index in [1.807, 2.05) is 12.1 Å². The van der Waals surface area contributed by atoms with Crippen molar-refractivity contribution in [2.24, 2.45) is 5.41 Å². The number of hydrogen-bond donors (Lipinski definition) is 1. The number of unbranched alkanes of at least 4 members (excludes halogenated alkanes) is 2. The molecule has 0 saturated carbocycles. The van der Waals surface area contributed by atoms with Crippen molar-refractivity contribution in [3.63, 3.8) is 0 Å². The van der Waals surface area contributed by atoms with E-state index in [-0.39, 0.29) is 0 Å². The Bertz CT molecular complexity index is 282. The predicted octanol–water partition coefficient (Wildman–Crippen LogP) is 3.50. The highest BCUT2D eigenvalue weighted by atomic mass is 15.2. The normalized spacial score (nSPS) is 11.4. The van der Waals surface area contributed by atoms with E-state index in [1.165, 1.54) is 25.7 Å². The molecular formula is C13H23N3. The van der Waals surface area contributed by atoms with Crippen LogP contribution in [0.1, 0.15) is 46.5 Å². The average molecular weight is 221 g/mol. The quantitative estimate of drug-likeness (QED) is 0.716. The van der Waals surface area contributed by atoms with Crippen molar-refractivity contribution < 1.29 is 0 Å². The van der Waals surface area contributed by atoms with Gasteiger partial charge in [-0.25, -0.2) is 0 Å². The smallest absolute Gasteiger partial charge is 0.148 e. The topological polar surface area (TPSA) is 37.8 Å². The first-order valence-corrected chi connectivity index (χ1v) is 6.15. The lowest BCUT2D eigenvalue weighted by atomic mass is 9.87. The third-order valence-corrected chi connectivity index (χ3v) is 2.78. The molecule has 0 aliphatic rings. The van der Waals surface area contributed by atoms with Crippen molar-refractivity contribution >= 4 is 5.82 Å². The minimum Gasteiger partial charge on any atom is -0.368 e. The van der Waals surface area contributed by atoms with Crippen LogP contribution in [0.2, 0.25) is 0 Å². The first-order valence-electron chi connectivity index (χ1n) is 6.15. The molecule has 3 nitrogen and oxygen atoms in total. The molecule has 16 heavy (non-hydrogen) atoms. The monoisotopic (exact) mass is 221 g/mol. The molecule has 0 saturated heterocycles. The fraction of sp³-hybridized carbons (Fsp3) is 0.692. The second-order valence-electron chi connectivity index (χ2n) is 5.08. The summed E-state index contributed by atoms with van der Waals surface area (Å²) in [5.74, 6) is 0.867. The van der Waals surface area contributed by atoms with E-state index >= 15 is 0 Å². The fourth-order valence-electron chi connectivity index (χ4n) is 1.67. The van der Waals surface area contributed by atoms with Crippen molar-refractivity contribution in [1.82, 2.24) is 10.2 Å². The highest BCUT2D eigenvalue weighted by Gasteiger charge is 2.16. The molecule has 1 aromatic rings. The van der Waals surface area contributed by atoms with Crippen molar-refractivity contribution in [2.75, 3.05) is 11.9 Å². The summed E-state index contributed by atoms with van der Waals surface area (Å²) in [5.41, 5.74) is 0.326. The van der Waals surface area contributed by atoms with Crippen LogP contribution in [0.15, 0.2) is 18.3 Å². The van der Waals surface area contributed by atoms with Gasteiger partial charge < -0.3 is 5.32 Å². The van der Waals surface area contributed by atoms with Gasteiger partial charge in [-0.05, 0) is 24.0 Å². The van der Waals surface area contributed by atoms with Crippen molar-refractivity contribution in [2.45, 2.75) is 46.5 Å². The molecule has 0 bridgehead atoms. The van der Waals surface area contributed by atoms with Crippen molar-refractivity contribution in [3.8, 4) is 0 Å². The average Bonchev–Trinajstić information content (AvgIpc) is 2.28. The van der Waals surface area contributed by atoms with Gasteiger partial charge in [0.25, 0.3) is 0 Å². The van der Waals surface area contributed by atoms with Crippen LogP contribution < -0.4 is 5.32 Å². The van der Waals surface area contributed by atoms with E-state index in [2.05, 4.69) is 36.3 Å². The van der Waals surface area contributed by atoms with Gasteiger partial charge in [0.2, 0.25) is 0 Å². The maximum absolute atomic E-state index is 4.02. The van der Waals surface area contributed by atoms with E-state index in [0.717, 1.165) is 12.4 Å². The van der Waals surface area contributed by atoms with Crippen LogP contribution in [0.5, 0.6) is 0 Å². The van der Waals surface area contributed by atoms with Crippen molar-refractivity contribution in [3.05, 3.63) is 18.3 Å². The van der Waals surface area contributed by atoms with Gasteiger partial charge in [0.1, 0.15) is 5.82 Å². The van der Waals surface area contributed by atoms with E-state index in [4.69, 9.17) is 0 Å². The molecule has 0 spiro atoms. The summed E-state index contributed by atoms with van der Waals surface area (Å²) in [6.07, 6.45) is 6.87. The summed E-state index contributed by atoms with van der Waals surface area (Å²) in [4.78, 5) is 0. The zero-order valence-electron chi connectivity index (χ0n) is 10.7. The van der Waals surface area contributed by atoms with Crippen LogP contribution in [0.3, 0.4) is 0 Å². The van der Waals surface area contributed by atoms with Gasteiger partial charge in [0, 0.05) is 12.7 Å².